The van der Waals surface area contributed by atoms with E-state index < -0.39 is 23.9 Å². The summed E-state index contributed by atoms with van der Waals surface area (Å²) in [6, 6.07) is 13.1. The van der Waals surface area contributed by atoms with Crippen LogP contribution in [0, 0.1) is 5.95 Å². The summed E-state index contributed by atoms with van der Waals surface area (Å²) in [7, 11) is 0. The zero-order chi connectivity index (χ0) is 24.7. The lowest BCUT2D eigenvalue weighted by atomic mass is 9.99. The predicted molar refractivity (Wildman–Crippen MR) is 119 cm³/mol. The highest BCUT2D eigenvalue weighted by Crippen LogP contribution is 2.29. The number of aromatic amines is 1. The highest BCUT2D eigenvalue weighted by atomic mass is 19.4. The van der Waals surface area contributed by atoms with Crippen molar-refractivity contribution < 1.29 is 27.2 Å². The zero-order valence-corrected chi connectivity index (χ0v) is 18.0. The molecule has 0 spiro atoms. The largest absolute Gasteiger partial charge is 0.471 e. The van der Waals surface area contributed by atoms with E-state index in [0.29, 0.717) is 27.7 Å². The van der Waals surface area contributed by atoms with Crippen molar-refractivity contribution in [2.24, 2.45) is 0 Å². The molecule has 0 aliphatic carbocycles. The molecule has 4 aromatic rings. The number of carbonyl (C=O) groups is 2. The van der Waals surface area contributed by atoms with E-state index in [4.69, 9.17) is 0 Å². The Morgan fingerprint density at radius 3 is 2.66 bits per heavy atom. The standard InChI is InChI=1S/C24H17F4N5O2/c25-21-17(2-1-8-29-21)14-4-6-19-18(11-14)20(32-31-19)22(34)30-16-5-3-13-7-9-33(12-15(13)10-16)23(35)24(26,27)28/h1-6,8,10-11H,7,9,12H2,(H,30,34)(H,31,32). The molecule has 7 nitrogen and oxygen atoms in total. The fraction of sp³-hybridized carbons (Fsp3) is 0.167. The van der Waals surface area contributed by atoms with Gasteiger partial charge in [-0.3, -0.25) is 14.7 Å². The predicted octanol–water partition coefficient (Wildman–Crippen LogP) is 4.46. The molecule has 0 bridgehead atoms. The number of halogens is 4. The molecule has 0 saturated carbocycles. The van der Waals surface area contributed by atoms with Crippen molar-refractivity contribution in [3.8, 4) is 11.1 Å². The van der Waals surface area contributed by atoms with Gasteiger partial charge in [-0.05, 0) is 59.5 Å². The molecular formula is C24H17F4N5O2. The second-order valence-corrected chi connectivity index (χ2v) is 8.09. The summed E-state index contributed by atoms with van der Waals surface area (Å²) in [5.74, 6) is -3.09. The topological polar surface area (TPSA) is 91.0 Å². The number of nitrogens with one attached hydrogen (secondary N) is 2. The van der Waals surface area contributed by atoms with Crippen LogP contribution in [0.3, 0.4) is 0 Å². The van der Waals surface area contributed by atoms with Gasteiger partial charge in [0.15, 0.2) is 5.69 Å². The van der Waals surface area contributed by atoms with E-state index in [1.54, 1.807) is 48.5 Å². The number of fused-ring (bicyclic) bond motifs is 2. The molecule has 5 rings (SSSR count). The normalized spacial score (nSPS) is 13.5. The van der Waals surface area contributed by atoms with E-state index in [9.17, 15) is 27.2 Å². The van der Waals surface area contributed by atoms with Crippen LogP contribution >= 0.6 is 0 Å². The first kappa shape index (κ1) is 22.5. The van der Waals surface area contributed by atoms with Crippen molar-refractivity contribution in [1.82, 2.24) is 20.1 Å². The molecule has 178 valence electrons. The molecule has 1 aliphatic rings. The first-order valence-corrected chi connectivity index (χ1v) is 10.6. The number of hydrogen-bond acceptors (Lipinski definition) is 4. The molecule has 0 unspecified atom stereocenters. The van der Waals surface area contributed by atoms with Gasteiger partial charge in [0.2, 0.25) is 5.95 Å². The van der Waals surface area contributed by atoms with Gasteiger partial charge in [0.05, 0.1) is 5.52 Å². The zero-order valence-electron chi connectivity index (χ0n) is 18.0. The average Bonchev–Trinajstić information content (AvgIpc) is 3.26. The highest BCUT2D eigenvalue weighted by molar-refractivity contribution is 6.11. The molecule has 0 atom stereocenters. The Bertz CT molecular complexity index is 1460. The number of hydrogen-bond donors (Lipinski definition) is 2. The Morgan fingerprint density at radius 1 is 1.06 bits per heavy atom. The maximum atomic E-state index is 14.1. The van der Waals surface area contributed by atoms with Crippen molar-refractivity contribution >= 4 is 28.4 Å². The fourth-order valence-corrected chi connectivity index (χ4v) is 4.13. The molecular weight excluding hydrogens is 466 g/mol. The molecule has 0 saturated heterocycles. The van der Waals surface area contributed by atoms with E-state index in [-0.39, 0.29) is 30.8 Å². The van der Waals surface area contributed by atoms with Crippen molar-refractivity contribution in [3.05, 3.63) is 77.5 Å². The van der Waals surface area contributed by atoms with Gasteiger partial charge in [0.1, 0.15) is 0 Å². The summed E-state index contributed by atoms with van der Waals surface area (Å²) < 4.78 is 52.6. The van der Waals surface area contributed by atoms with E-state index in [0.717, 1.165) is 10.5 Å². The number of H-pyrrole nitrogens is 1. The molecule has 11 heteroatoms. The Labute approximate surface area is 195 Å². The molecule has 1 aliphatic heterocycles. The lowest BCUT2D eigenvalue weighted by molar-refractivity contribution is -0.186. The van der Waals surface area contributed by atoms with Gasteiger partial charge in [-0.25, -0.2) is 4.98 Å². The van der Waals surface area contributed by atoms with Crippen LogP contribution in [0.25, 0.3) is 22.0 Å². The lowest BCUT2D eigenvalue weighted by Crippen LogP contribution is -2.43. The molecule has 0 radical (unpaired) electrons. The van der Waals surface area contributed by atoms with Crippen LogP contribution in [0.15, 0.2) is 54.7 Å². The molecule has 2 aromatic heterocycles. The number of amides is 2. The summed E-state index contributed by atoms with van der Waals surface area (Å²) in [6.45, 7) is -0.237. The summed E-state index contributed by atoms with van der Waals surface area (Å²) in [5, 5.41) is 9.99. The second kappa shape index (κ2) is 8.49. The van der Waals surface area contributed by atoms with Crippen molar-refractivity contribution in [1.29, 1.82) is 0 Å². The molecule has 0 fully saturated rings. The maximum absolute atomic E-state index is 14.1. The van der Waals surface area contributed by atoms with Gasteiger partial charge in [-0.2, -0.15) is 22.7 Å². The van der Waals surface area contributed by atoms with Crippen LogP contribution in [0.4, 0.5) is 23.2 Å². The number of carbonyl (C=O) groups excluding carboxylic acids is 2. The SMILES string of the molecule is O=C(Nc1ccc2c(c1)CN(C(=O)C(F)(F)F)CC2)c1n[nH]c2ccc(-c3cccnc3F)cc12. The van der Waals surface area contributed by atoms with Crippen molar-refractivity contribution in [2.75, 3.05) is 11.9 Å². The Morgan fingerprint density at radius 2 is 1.89 bits per heavy atom. The fourth-order valence-electron chi connectivity index (χ4n) is 4.13. The Kier molecular flexibility index (Phi) is 5.46. The number of alkyl halides is 3. The van der Waals surface area contributed by atoms with Crippen LogP contribution in [0.1, 0.15) is 21.6 Å². The van der Waals surface area contributed by atoms with E-state index >= 15 is 0 Å². The number of anilines is 1. The summed E-state index contributed by atoms with van der Waals surface area (Å²) >= 11 is 0. The van der Waals surface area contributed by atoms with Crippen LogP contribution in [0.2, 0.25) is 0 Å². The second-order valence-electron chi connectivity index (χ2n) is 8.09. The van der Waals surface area contributed by atoms with Crippen LogP contribution < -0.4 is 5.32 Å². The van der Waals surface area contributed by atoms with Crippen molar-refractivity contribution in [2.45, 2.75) is 19.1 Å². The van der Waals surface area contributed by atoms with Gasteiger partial charge in [0.25, 0.3) is 5.91 Å². The first-order chi connectivity index (χ1) is 16.7. The van der Waals surface area contributed by atoms with Gasteiger partial charge in [-0.1, -0.05) is 12.1 Å². The highest BCUT2D eigenvalue weighted by Gasteiger charge is 2.43. The van der Waals surface area contributed by atoms with Gasteiger partial charge in [0, 0.05) is 35.9 Å². The summed E-state index contributed by atoms with van der Waals surface area (Å²) in [5.41, 5.74) is 3.10. The average molecular weight is 483 g/mol. The maximum Gasteiger partial charge on any atom is 0.471 e. The Hall–Kier alpha value is -4.28. The summed E-state index contributed by atoms with van der Waals surface area (Å²) in [4.78, 5) is 29.0. The van der Waals surface area contributed by atoms with Gasteiger partial charge < -0.3 is 10.2 Å². The molecule has 2 N–H and O–H groups in total. The molecule has 2 amide bonds. The minimum Gasteiger partial charge on any atom is -0.330 e. The minimum atomic E-state index is -4.94. The smallest absolute Gasteiger partial charge is 0.330 e. The van der Waals surface area contributed by atoms with Crippen LogP contribution in [-0.4, -0.2) is 44.6 Å². The van der Waals surface area contributed by atoms with E-state index in [1.165, 1.54) is 6.20 Å². The van der Waals surface area contributed by atoms with Crippen LogP contribution in [-0.2, 0) is 17.8 Å². The third-order valence-electron chi connectivity index (χ3n) is 5.85. The van der Waals surface area contributed by atoms with Crippen molar-refractivity contribution in [3.63, 3.8) is 0 Å². The van der Waals surface area contributed by atoms with E-state index in [2.05, 4.69) is 20.5 Å². The van der Waals surface area contributed by atoms with Crippen LogP contribution in [0.5, 0.6) is 0 Å². The minimum absolute atomic E-state index is 0.0316. The number of pyridine rings is 1. The first-order valence-electron chi connectivity index (χ1n) is 10.6. The number of nitrogens with zero attached hydrogens (tertiary/aromatic N) is 3. The molecule has 3 heterocycles. The lowest BCUT2D eigenvalue weighted by Gasteiger charge is -2.29. The quantitative estimate of drug-likeness (QED) is 0.333. The Balaban J connectivity index is 1.40. The van der Waals surface area contributed by atoms with E-state index in [1.807, 2.05) is 0 Å². The number of rotatable bonds is 3. The number of aromatic nitrogens is 3. The summed E-state index contributed by atoms with van der Waals surface area (Å²) in [6.07, 6.45) is -3.32. The third-order valence-corrected chi connectivity index (χ3v) is 5.85. The molecule has 2 aromatic carbocycles. The monoisotopic (exact) mass is 483 g/mol. The van der Waals surface area contributed by atoms with Gasteiger partial charge >= 0.3 is 12.1 Å². The van der Waals surface area contributed by atoms with Gasteiger partial charge in [-0.15, -0.1) is 0 Å². The third kappa shape index (κ3) is 4.32. The number of benzene rings is 2. The molecule has 35 heavy (non-hydrogen) atoms.